The van der Waals surface area contributed by atoms with Crippen molar-refractivity contribution >= 4 is 15.6 Å². The second-order valence-electron chi connectivity index (χ2n) is 13.2. The van der Waals surface area contributed by atoms with Crippen LogP contribution in [0.25, 0.3) is 45.0 Å². The molecule has 6 aromatic carbocycles. The normalized spacial score (nSPS) is 12.2. The number of rotatable bonds is 6. The van der Waals surface area contributed by atoms with Gasteiger partial charge in [0.1, 0.15) is 22.7 Å². The molecule has 3 aromatic heterocycles. The summed E-state index contributed by atoms with van der Waals surface area (Å²) < 4.78 is 10.7. The number of para-hydroxylation sites is 2. The molecule has 0 spiro atoms. The Kier molecular flexibility index (Phi) is 7.95. The minimum Gasteiger partial charge on any atom is -0.190 e. The summed E-state index contributed by atoms with van der Waals surface area (Å²) >= 11 is 0. The molecule has 3 heterocycles. The fourth-order valence-electron chi connectivity index (χ4n) is 7.60. The summed E-state index contributed by atoms with van der Waals surface area (Å²) in [6.45, 7) is 13.5. The van der Waals surface area contributed by atoms with Gasteiger partial charge >= 0.3 is 15.6 Å². The highest BCUT2D eigenvalue weighted by Crippen LogP contribution is 2.52. The van der Waals surface area contributed by atoms with Crippen molar-refractivity contribution in [2.45, 2.75) is 41.5 Å². The van der Waals surface area contributed by atoms with Gasteiger partial charge in [0.25, 0.3) is 0 Å². The maximum Gasteiger partial charge on any atom is 0.312 e. The first-order valence-electron chi connectivity index (χ1n) is 16.9. The first-order chi connectivity index (χ1) is 23.8. The van der Waals surface area contributed by atoms with Crippen molar-refractivity contribution in [1.82, 2.24) is 12.5 Å². The van der Waals surface area contributed by atoms with Gasteiger partial charge in [-0.25, -0.2) is 0 Å². The number of aryl methyl sites for hydroxylation is 6. The van der Waals surface area contributed by atoms with Crippen molar-refractivity contribution < 1.29 is 4.33 Å². The summed E-state index contributed by atoms with van der Waals surface area (Å²) in [6.07, 6.45) is 2.44. The maximum absolute atomic E-state index is 2.76. The van der Waals surface area contributed by atoms with Crippen molar-refractivity contribution in [3.8, 4) is 45.0 Å². The lowest BCUT2D eigenvalue weighted by molar-refractivity contribution is -0.530. The third-order valence-electron chi connectivity index (χ3n) is 9.42. The Hall–Kier alpha value is -5.01. The van der Waals surface area contributed by atoms with Gasteiger partial charge in [-0.1, -0.05) is 132 Å². The van der Waals surface area contributed by atoms with Crippen molar-refractivity contribution in [3.05, 3.63) is 173 Å². The topological polar surface area (TPSA) is 18.7 Å². The Morgan fingerprint density at radius 3 is 1.35 bits per heavy atom. The molecule has 0 aliphatic rings. The average Bonchev–Trinajstić information content (AvgIpc) is 3.08. The van der Waals surface area contributed by atoms with E-state index in [9.17, 15) is 0 Å². The summed E-state index contributed by atoms with van der Waals surface area (Å²) in [5.41, 5.74) is 17.8. The van der Waals surface area contributed by atoms with Crippen molar-refractivity contribution in [2.24, 2.45) is 0 Å². The molecule has 9 rings (SSSR count). The Bertz CT molecular complexity index is 2260. The molecular formula is C43H41N4P2+. The monoisotopic (exact) mass is 675 g/mol. The fraction of sp³-hybridized carbons (Fsp3) is 0.140. The van der Waals surface area contributed by atoms with Crippen LogP contribution in [0.15, 0.2) is 140 Å². The molecule has 0 fully saturated rings. The summed E-state index contributed by atoms with van der Waals surface area (Å²) in [5.74, 6) is 0. The Balaban J connectivity index is 1.58. The Morgan fingerprint density at radius 2 is 0.878 bits per heavy atom. The molecule has 2 bridgehead atoms. The molecule has 0 unspecified atom stereocenters. The molecule has 0 radical (unpaired) electrons. The molecule has 242 valence electrons. The highest BCUT2D eigenvalue weighted by molar-refractivity contribution is 7.57. The minimum absolute atomic E-state index is 1.03. The molecule has 0 aliphatic carbocycles. The van der Waals surface area contributed by atoms with E-state index in [1.165, 1.54) is 78.4 Å². The van der Waals surface area contributed by atoms with Gasteiger partial charge in [0.2, 0.25) is 0 Å². The largest absolute Gasteiger partial charge is 0.312 e. The van der Waals surface area contributed by atoms with E-state index in [1.807, 2.05) is 0 Å². The van der Waals surface area contributed by atoms with Crippen LogP contribution < -0.4 is 4.33 Å². The van der Waals surface area contributed by atoms with Crippen LogP contribution in [0.3, 0.4) is 0 Å². The van der Waals surface area contributed by atoms with Gasteiger partial charge < -0.3 is 0 Å². The molecule has 0 atom stereocenters. The van der Waals surface area contributed by atoms with Crippen LogP contribution in [-0.4, -0.2) is 12.5 Å². The Morgan fingerprint density at radius 1 is 0.469 bits per heavy atom. The standard InChI is InChI=1S/C43H41N4P2/c1-30-25-32(3)42(33(4)26-30)44-29-45(43-34(5)27-31(2)28-35(43)6)49-46(40-23-15-13-21-38(40)36-17-9-7-10-18-36)48(44)47(49)41-24-16-14-22-39(41)37-19-11-8-12-20-37/h7-29H,1-6H3/q+1. The van der Waals surface area contributed by atoms with Gasteiger partial charge in [-0.2, -0.15) is 16.8 Å². The number of fused-ring (bicyclic) bond motifs is 2. The third kappa shape index (κ3) is 5.28. The number of hydrogen-bond donors (Lipinski definition) is 0. The highest BCUT2D eigenvalue weighted by Gasteiger charge is 2.37. The van der Waals surface area contributed by atoms with Crippen LogP contribution in [0.5, 0.6) is 0 Å². The van der Waals surface area contributed by atoms with E-state index < -0.39 is 15.6 Å². The summed E-state index contributed by atoms with van der Waals surface area (Å²) in [4.78, 5) is 0. The third-order valence-corrected chi connectivity index (χ3v) is 14.9. The second kappa shape index (κ2) is 12.5. The van der Waals surface area contributed by atoms with Crippen molar-refractivity contribution in [2.75, 3.05) is 0 Å². The van der Waals surface area contributed by atoms with E-state index in [0.717, 1.165) is 0 Å². The van der Waals surface area contributed by atoms with Crippen LogP contribution in [0.1, 0.15) is 33.4 Å². The summed E-state index contributed by atoms with van der Waals surface area (Å²) in [5, 5.41) is 0. The zero-order valence-corrected chi connectivity index (χ0v) is 30.8. The first-order valence-corrected chi connectivity index (χ1v) is 19.3. The lowest BCUT2D eigenvalue weighted by Gasteiger charge is -2.28. The molecule has 0 aliphatic heterocycles. The van der Waals surface area contributed by atoms with E-state index in [1.54, 1.807) is 0 Å². The SMILES string of the molecule is Cc1cc(C)c(-n2c[n+](-c3c(C)cc(C)cc3C)p3n(-c4ccccc4-c4ccccc4)p2n3-c2ccccc2-c2ccccc2)c(C)c1. The number of benzene rings is 6. The molecule has 0 N–H and O–H groups in total. The molecule has 0 saturated heterocycles. The van der Waals surface area contributed by atoms with E-state index in [0.29, 0.717) is 0 Å². The van der Waals surface area contributed by atoms with Gasteiger partial charge in [-0.3, -0.25) is 0 Å². The van der Waals surface area contributed by atoms with E-state index in [-0.39, 0.29) is 0 Å². The van der Waals surface area contributed by atoms with Crippen LogP contribution in [0.4, 0.5) is 0 Å². The van der Waals surface area contributed by atoms with Crippen LogP contribution >= 0.6 is 15.6 Å². The second-order valence-corrected chi connectivity index (χ2v) is 17.3. The van der Waals surface area contributed by atoms with Crippen LogP contribution in [0.2, 0.25) is 0 Å². The predicted octanol–water partition coefficient (Wildman–Crippen LogP) is 11.8. The lowest BCUT2D eigenvalue weighted by Crippen LogP contribution is -2.38. The van der Waals surface area contributed by atoms with Gasteiger partial charge in [0, 0.05) is 11.1 Å². The van der Waals surface area contributed by atoms with Crippen LogP contribution in [0, 0.1) is 41.5 Å². The van der Waals surface area contributed by atoms with E-state index in [4.69, 9.17) is 0 Å². The average molecular weight is 676 g/mol. The Labute approximate surface area is 291 Å². The quantitative estimate of drug-likeness (QED) is 0.167. The van der Waals surface area contributed by atoms with Crippen LogP contribution in [-0.2, 0) is 0 Å². The molecule has 0 amide bonds. The van der Waals surface area contributed by atoms with Gasteiger partial charge in [-0.05, 0) is 87.1 Å². The van der Waals surface area contributed by atoms with Crippen molar-refractivity contribution in [3.63, 3.8) is 0 Å². The molecule has 49 heavy (non-hydrogen) atoms. The highest BCUT2D eigenvalue weighted by atomic mass is 31.2. The number of nitrogens with zero attached hydrogens (tertiary/aromatic N) is 4. The predicted molar refractivity (Wildman–Crippen MR) is 208 cm³/mol. The number of aromatic nitrogens is 4. The lowest BCUT2D eigenvalue weighted by atomic mass is 10.0. The zero-order chi connectivity index (χ0) is 33.8. The summed E-state index contributed by atoms with van der Waals surface area (Å²) in [7, 11) is -2.07. The molecule has 0 saturated carbocycles. The molecule has 6 heteroatoms. The maximum atomic E-state index is 2.76. The first kappa shape index (κ1) is 31.3. The zero-order valence-electron chi connectivity index (χ0n) is 29.0. The fourth-order valence-corrected chi connectivity index (χ4v) is 14.2. The molecular weight excluding hydrogens is 634 g/mol. The van der Waals surface area contributed by atoms with Crippen molar-refractivity contribution in [1.29, 1.82) is 0 Å². The van der Waals surface area contributed by atoms with E-state index >= 15 is 0 Å². The van der Waals surface area contributed by atoms with E-state index in [2.05, 4.69) is 198 Å². The van der Waals surface area contributed by atoms with Gasteiger partial charge in [-0.15, -0.1) is 0 Å². The van der Waals surface area contributed by atoms with Gasteiger partial charge in [0.05, 0.1) is 0 Å². The minimum atomic E-state index is -1.03. The van der Waals surface area contributed by atoms with Gasteiger partial charge in [0.15, 0.2) is 6.33 Å². The smallest absolute Gasteiger partial charge is 0.190 e. The molecule has 4 nitrogen and oxygen atoms in total. The molecule has 9 aromatic rings. The number of hydrogen-bond acceptors (Lipinski definition) is 0. The summed E-state index contributed by atoms with van der Waals surface area (Å²) in [6, 6.07) is 49.1.